The first kappa shape index (κ1) is 22.9. The molecule has 0 radical (unpaired) electrons. The number of rotatable bonds is 0. The van der Waals surface area contributed by atoms with Gasteiger partial charge in [0.05, 0.1) is 0 Å². The van der Waals surface area contributed by atoms with E-state index in [-0.39, 0.29) is 12.3 Å². The Labute approximate surface area is 57.1 Å². The van der Waals surface area contributed by atoms with Gasteiger partial charge in [0.2, 0.25) is 0 Å². The van der Waals surface area contributed by atoms with Gasteiger partial charge in [0.15, 0.2) is 0 Å². The van der Waals surface area contributed by atoms with Crippen LogP contribution in [-0.2, 0) is 0 Å². The zero-order valence-electron chi connectivity index (χ0n) is 5.14. The molecule has 0 atom stereocenters. The molecule has 0 aromatic heterocycles. The van der Waals surface area contributed by atoms with E-state index in [1.807, 2.05) is 0 Å². The quantitative estimate of drug-likeness (QED) is 0.207. The van der Waals surface area contributed by atoms with Gasteiger partial charge in [-0.15, -0.1) is 0 Å². The van der Waals surface area contributed by atoms with E-state index in [9.17, 15) is 0 Å². The summed E-state index contributed by atoms with van der Waals surface area (Å²) in [7, 11) is -2.17. The standard InChI is InChI=1S/CH2O3.BH3O3.2H3N/c2*2-1(3)4;;/h(H2,2,3,4);2-4H;2*1H3. The summed E-state index contributed by atoms with van der Waals surface area (Å²) in [5.74, 6) is 0. The number of carbonyl (C=O) groups is 1. The SMILES string of the molecule is N.N.O=C(O)O.OB(O)O. The van der Waals surface area contributed by atoms with Crippen molar-refractivity contribution in [2.45, 2.75) is 0 Å². The summed E-state index contributed by atoms with van der Waals surface area (Å²) in [6, 6.07) is 0. The molecule has 0 aliphatic rings. The Morgan fingerprint density at radius 3 is 1.00 bits per heavy atom. The lowest BCUT2D eigenvalue weighted by Gasteiger charge is -1.69. The van der Waals surface area contributed by atoms with Gasteiger partial charge in [-0.3, -0.25) is 0 Å². The van der Waals surface area contributed by atoms with E-state index in [1.165, 1.54) is 0 Å². The van der Waals surface area contributed by atoms with Crippen LogP contribution in [0.1, 0.15) is 0 Å². The summed E-state index contributed by atoms with van der Waals surface area (Å²) in [4.78, 5) is 8.56. The second kappa shape index (κ2) is 15.7. The van der Waals surface area contributed by atoms with Crippen LogP contribution in [0, 0.1) is 0 Å². The summed E-state index contributed by atoms with van der Waals surface area (Å²) >= 11 is 0. The van der Waals surface area contributed by atoms with E-state index >= 15 is 0 Å². The normalized spacial score (nSPS) is 5.10. The molecule has 0 saturated heterocycles. The molecule has 9 heteroatoms. The van der Waals surface area contributed by atoms with E-state index < -0.39 is 13.5 Å². The third kappa shape index (κ3) is 359. The zero-order chi connectivity index (χ0) is 7.15. The van der Waals surface area contributed by atoms with Gasteiger partial charge in [0.1, 0.15) is 0 Å². The molecule has 8 nitrogen and oxygen atoms in total. The van der Waals surface area contributed by atoms with E-state index in [0.29, 0.717) is 0 Å². The maximum Gasteiger partial charge on any atom is 0.631 e. The van der Waals surface area contributed by atoms with Crippen LogP contribution in [0.4, 0.5) is 4.79 Å². The summed E-state index contributed by atoms with van der Waals surface area (Å²) in [5, 5.41) is 35.4. The minimum atomic E-state index is -2.17. The van der Waals surface area contributed by atoms with Crippen LogP contribution in [0.25, 0.3) is 0 Å². The van der Waals surface area contributed by atoms with Gasteiger partial charge < -0.3 is 37.6 Å². The highest BCUT2D eigenvalue weighted by atomic mass is 16.6. The average Bonchev–Trinajstić information content (AvgIpc) is 1.25. The van der Waals surface area contributed by atoms with Crippen LogP contribution in [0.15, 0.2) is 0 Å². The second-order valence-corrected chi connectivity index (χ2v) is 0.629. The molecular formula is CH11BN2O6. The van der Waals surface area contributed by atoms with Gasteiger partial charge in [-0.1, -0.05) is 0 Å². The van der Waals surface area contributed by atoms with Crippen LogP contribution in [-0.4, -0.2) is 38.8 Å². The first-order chi connectivity index (χ1) is 3.46. The number of hydrogen-bond donors (Lipinski definition) is 7. The summed E-state index contributed by atoms with van der Waals surface area (Å²) in [6.07, 6.45) is -1.83. The van der Waals surface area contributed by atoms with Crippen LogP contribution in [0.5, 0.6) is 0 Å². The Morgan fingerprint density at radius 2 is 1.00 bits per heavy atom. The predicted octanol–water partition coefficient (Wildman–Crippen LogP) is -1.51. The number of carboxylic acid groups (broad SMARTS) is 2. The minimum absolute atomic E-state index is 0. The molecule has 0 aromatic rings. The van der Waals surface area contributed by atoms with Crippen molar-refractivity contribution in [3.05, 3.63) is 0 Å². The molecular weight excluding hydrogens is 147 g/mol. The van der Waals surface area contributed by atoms with Gasteiger partial charge in [-0.05, 0) is 0 Å². The van der Waals surface area contributed by atoms with Crippen molar-refractivity contribution >= 4 is 13.5 Å². The zero-order valence-corrected chi connectivity index (χ0v) is 5.14. The summed E-state index contributed by atoms with van der Waals surface area (Å²) in [5.41, 5.74) is 0. The highest BCUT2D eigenvalue weighted by Gasteiger charge is 1.92. The van der Waals surface area contributed by atoms with Crippen molar-refractivity contribution in [3.63, 3.8) is 0 Å². The fourth-order valence-electron chi connectivity index (χ4n) is 0. The molecule has 0 aliphatic carbocycles. The minimum Gasteiger partial charge on any atom is -0.450 e. The van der Waals surface area contributed by atoms with Gasteiger partial charge in [-0.2, -0.15) is 0 Å². The molecule has 0 aromatic carbocycles. The lowest BCUT2D eigenvalue weighted by Crippen LogP contribution is -2.07. The number of hydrogen-bond acceptors (Lipinski definition) is 6. The molecule has 0 unspecified atom stereocenters. The van der Waals surface area contributed by atoms with Crippen LogP contribution >= 0.6 is 0 Å². The monoisotopic (exact) mass is 158 g/mol. The van der Waals surface area contributed by atoms with E-state index in [1.54, 1.807) is 0 Å². The molecule has 0 fully saturated rings. The van der Waals surface area contributed by atoms with Crippen molar-refractivity contribution in [1.29, 1.82) is 0 Å². The summed E-state index contributed by atoms with van der Waals surface area (Å²) < 4.78 is 0. The molecule has 0 saturated carbocycles. The van der Waals surface area contributed by atoms with Gasteiger partial charge in [0, 0.05) is 0 Å². The fourth-order valence-corrected chi connectivity index (χ4v) is 0. The van der Waals surface area contributed by atoms with Crippen molar-refractivity contribution < 1.29 is 30.1 Å². The van der Waals surface area contributed by atoms with E-state index in [2.05, 4.69) is 0 Å². The maximum absolute atomic E-state index is 8.56. The Hall–Kier alpha value is -0.865. The van der Waals surface area contributed by atoms with Crippen LogP contribution in [0.3, 0.4) is 0 Å². The van der Waals surface area contributed by atoms with Crippen molar-refractivity contribution in [2.24, 2.45) is 0 Å². The van der Waals surface area contributed by atoms with Crippen molar-refractivity contribution in [2.75, 3.05) is 0 Å². The Morgan fingerprint density at radius 1 is 1.00 bits per heavy atom. The molecule has 0 amide bonds. The highest BCUT2D eigenvalue weighted by Crippen LogP contribution is 1.42. The molecule has 0 bridgehead atoms. The molecule has 0 heterocycles. The first-order valence-electron chi connectivity index (χ1n) is 1.43. The molecule has 11 N–H and O–H groups in total. The lowest BCUT2D eigenvalue weighted by atomic mass is 10.3. The van der Waals surface area contributed by atoms with Crippen molar-refractivity contribution in [1.82, 2.24) is 12.3 Å². The Balaban J connectivity index is -0.0000000300. The van der Waals surface area contributed by atoms with Gasteiger partial charge >= 0.3 is 13.5 Å². The topological polar surface area (TPSA) is 188 Å². The Bertz CT molecular complexity index is 60.0. The van der Waals surface area contributed by atoms with Crippen LogP contribution < -0.4 is 12.3 Å². The first-order valence-corrected chi connectivity index (χ1v) is 1.43. The fraction of sp³-hybridized carbons (Fsp3) is 0. The molecule has 64 valence electrons. The van der Waals surface area contributed by atoms with Gasteiger partial charge in [0.25, 0.3) is 0 Å². The second-order valence-electron chi connectivity index (χ2n) is 0.629. The Kier molecular flexibility index (Phi) is 36.0. The highest BCUT2D eigenvalue weighted by molar-refractivity contribution is 6.30. The molecule has 0 spiro atoms. The molecule has 0 rings (SSSR count). The van der Waals surface area contributed by atoms with Gasteiger partial charge in [-0.25, -0.2) is 4.79 Å². The third-order valence-corrected chi connectivity index (χ3v) is 0. The van der Waals surface area contributed by atoms with E-state index in [0.717, 1.165) is 0 Å². The largest absolute Gasteiger partial charge is 0.631 e. The van der Waals surface area contributed by atoms with Crippen molar-refractivity contribution in [3.8, 4) is 0 Å². The molecule has 10 heavy (non-hydrogen) atoms. The maximum atomic E-state index is 8.56. The van der Waals surface area contributed by atoms with E-state index in [4.69, 9.17) is 30.1 Å². The smallest absolute Gasteiger partial charge is 0.450 e. The lowest BCUT2D eigenvalue weighted by molar-refractivity contribution is 0.137. The molecule has 0 aliphatic heterocycles. The average molecular weight is 158 g/mol. The third-order valence-electron chi connectivity index (χ3n) is 0. The summed E-state index contributed by atoms with van der Waals surface area (Å²) in [6.45, 7) is 0. The van der Waals surface area contributed by atoms with Crippen LogP contribution in [0.2, 0.25) is 0 Å². The predicted molar refractivity (Wildman–Crippen MR) is 33.1 cm³/mol.